The Bertz CT molecular complexity index is 593. The second-order valence-corrected chi connectivity index (χ2v) is 5.96. The van der Waals surface area contributed by atoms with Crippen molar-refractivity contribution in [1.82, 2.24) is 9.80 Å². The van der Waals surface area contributed by atoms with E-state index in [1.807, 2.05) is 4.90 Å². The van der Waals surface area contributed by atoms with E-state index < -0.39 is 12.0 Å². The van der Waals surface area contributed by atoms with Crippen LogP contribution in [0.4, 0.5) is 0 Å². The second-order valence-electron chi connectivity index (χ2n) is 5.52. The number of benzene rings is 1. The van der Waals surface area contributed by atoms with Gasteiger partial charge in [-0.15, -0.1) is 0 Å². The van der Waals surface area contributed by atoms with Crippen LogP contribution < -0.4 is 4.74 Å². The Hall–Kier alpha value is -1.79. The predicted octanol–water partition coefficient (Wildman–Crippen LogP) is 2.03. The van der Waals surface area contributed by atoms with E-state index in [4.69, 9.17) is 16.3 Å². The van der Waals surface area contributed by atoms with Crippen LogP contribution in [-0.4, -0.2) is 60.1 Å². The van der Waals surface area contributed by atoms with E-state index in [0.717, 1.165) is 6.42 Å². The van der Waals surface area contributed by atoms with Gasteiger partial charge in [0.2, 0.25) is 5.91 Å². The summed E-state index contributed by atoms with van der Waals surface area (Å²) in [5, 5.41) is 10.2. The Balaban J connectivity index is 2.30. The molecule has 0 saturated carbocycles. The van der Waals surface area contributed by atoms with Gasteiger partial charge in [0.05, 0.1) is 7.11 Å². The van der Waals surface area contributed by atoms with E-state index in [2.05, 4.69) is 0 Å². The SMILES string of the molecule is COc1ccc(Cl)cc1[C@@H](C(=O)O)N1CCCN(C(C)=O)CC1. The van der Waals surface area contributed by atoms with E-state index in [9.17, 15) is 14.7 Å². The molecule has 1 atom stereocenters. The minimum atomic E-state index is -0.957. The summed E-state index contributed by atoms with van der Waals surface area (Å²) in [5.74, 6) is -0.449. The quantitative estimate of drug-likeness (QED) is 0.908. The fourth-order valence-electron chi connectivity index (χ4n) is 2.92. The minimum absolute atomic E-state index is 0.0130. The van der Waals surface area contributed by atoms with Gasteiger partial charge in [0, 0.05) is 43.7 Å². The summed E-state index contributed by atoms with van der Waals surface area (Å²) in [6, 6.07) is 4.12. The van der Waals surface area contributed by atoms with Gasteiger partial charge >= 0.3 is 5.97 Å². The van der Waals surface area contributed by atoms with Crippen LogP contribution in [-0.2, 0) is 9.59 Å². The molecule has 0 unspecified atom stereocenters. The van der Waals surface area contributed by atoms with Crippen LogP contribution in [0.25, 0.3) is 0 Å². The lowest BCUT2D eigenvalue weighted by molar-refractivity contribution is -0.143. The van der Waals surface area contributed by atoms with Crippen LogP contribution in [0.2, 0.25) is 5.02 Å². The maximum atomic E-state index is 11.9. The topological polar surface area (TPSA) is 70.1 Å². The van der Waals surface area contributed by atoms with Crippen LogP contribution in [0.3, 0.4) is 0 Å². The van der Waals surface area contributed by atoms with Crippen molar-refractivity contribution < 1.29 is 19.4 Å². The highest BCUT2D eigenvalue weighted by Gasteiger charge is 2.31. The molecular weight excluding hydrogens is 320 g/mol. The first-order valence-electron chi connectivity index (χ1n) is 7.50. The summed E-state index contributed by atoms with van der Waals surface area (Å²) >= 11 is 6.04. The molecule has 1 aliphatic heterocycles. The Morgan fingerprint density at radius 2 is 2.00 bits per heavy atom. The summed E-state index contributed by atoms with van der Waals surface area (Å²) in [4.78, 5) is 27.0. The number of carboxylic acids is 1. The van der Waals surface area contributed by atoms with Gasteiger partial charge in [-0.1, -0.05) is 11.6 Å². The molecule has 0 radical (unpaired) electrons. The molecule has 1 aromatic rings. The van der Waals surface area contributed by atoms with E-state index in [1.54, 1.807) is 23.1 Å². The number of methoxy groups -OCH3 is 1. The molecule has 0 aromatic heterocycles. The van der Waals surface area contributed by atoms with Crippen molar-refractivity contribution in [2.45, 2.75) is 19.4 Å². The van der Waals surface area contributed by atoms with Gasteiger partial charge < -0.3 is 14.7 Å². The van der Waals surface area contributed by atoms with Crippen LogP contribution in [0, 0.1) is 0 Å². The van der Waals surface area contributed by atoms with Gasteiger partial charge in [0.25, 0.3) is 0 Å². The smallest absolute Gasteiger partial charge is 0.325 e. The molecule has 1 aromatic carbocycles. The third kappa shape index (κ3) is 4.14. The number of amides is 1. The number of halogens is 1. The zero-order chi connectivity index (χ0) is 17.0. The van der Waals surface area contributed by atoms with Gasteiger partial charge in [-0.3, -0.25) is 14.5 Å². The zero-order valence-corrected chi connectivity index (χ0v) is 14.0. The van der Waals surface area contributed by atoms with Crippen LogP contribution in [0.1, 0.15) is 24.9 Å². The van der Waals surface area contributed by atoms with E-state index >= 15 is 0 Å². The van der Waals surface area contributed by atoms with Crippen molar-refractivity contribution in [3.63, 3.8) is 0 Å². The monoisotopic (exact) mass is 340 g/mol. The maximum Gasteiger partial charge on any atom is 0.325 e. The Kier molecular flexibility index (Phi) is 5.85. The molecule has 1 N–H and O–H groups in total. The van der Waals surface area contributed by atoms with Gasteiger partial charge in [-0.2, -0.15) is 0 Å². The van der Waals surface area contributed by atoms with Crippen LogP contribution >= 0.6 is 11.6 Å². The lowest BCUT2D eigenvalue weighted by atomic mass is 10.0. The molecule has 2 rings (SSSR count). The van der Waals surface area contributed by atoms with Crippen LogP contribution in [0.15, 0.2) is 18.2 Å². The van der Waals surface area contributed by atoms with Gasteiger partial charge in [0.15, 0.2) is 0 Å². The van der Waals surface area contributed by atoms with Crippen molar-refractivity contribution in [2.75, 3.05) is 33.3 Å². The Morgan fingerprint density at radius 3 is 2.61 bits per heavy atom. The lowest BCUT2D eigenvalue weighted by Gasteiger charge is -2.28. The number of aliphatic carboxylic acids is 1. The number of carbonyl (C=O) groups is 2. The number of hydrogen-bond acceptors (Lipinski definition) is 4. The fraction of sp³-hybridized carbons (Fsp3) is 0.500. The van der Waals surface area contributed by atoms with Gasteiger partial charge in [-0.25, -0.2) is 0 Å². The average Bonchev–Trinajstić information content (AvgIpc) is 2.73. The van der Waals surface area contributed by atoms with Crippen molar-refractivity contribution in [2.24, 2.45) is 0 Å². The highest BCUT2D eigenvalue weighted by molar-refractivity contribution is 6.30. The normalized spacial score (nSPS) is 17.4. The highest BCUT2D eigenvalue weighted by Crippen LogP contribution is 2.32. The maximum absolute atomic E-state index is 11.9. The van der Waals surface area contributed by atoms with E-state index in [0.29, 0.717) is 42.5 Å². The van der Waals surface area contributed by atoms with Crippen molar-refractivity contribution in [3.8, 4) is 5.75 Å². The van der Waals surface area contributed by atoms with Crippen molar-refractivity contribution in [3.05, 3.63) is 28.8 Å². The molecule has 1 aliphatic rings. The summed E-state index contributed by atoms with van der Waals surface area (Å²) in [7, 11) is 1.51. The predicted molar refractivity (Wildman–Crippen MR) is 86.8 cm³/mol. The molecule has 1 fully saturated rings. The first-order valence-corrected chi connectivity index (χ1v) is 7.87. The fourth-order valence-corrected chi connectivity index (χ4v) is 3.10. The van der Waals surface area contributed by atoms with Crippen LogP contribution in [0.5, 0.6) is 5.75 Å². The van der Waals surface area contributed by atoms with E-state index in [1.165, 1.54) is 14.0 Å². The molecule has 23 heavy (non-hydrogen) atoms. The molecule has 1 saturated heterocycles. The number of nitrogens with zero attached hydrogens (tertiary/aromatic N) is 2. The highest BCUT2D eigenvalue weighted by atomic mass is 35.5. The van der Waals surface area contributed by atoms with Crippen molar-refractivity contribution in [1.29, 1.82) is 0 Å². The van der Waals surface area contributed by atoms with Gasteiger partial charge in [0.1, 0.15) is 11.8 Å². The first-order chi connectivity index (χ1) is 10.9. The average molecular weight is 341 g/mol. The summed E-state index contributed by atoms with van der Waals surface area (Å²) in [6.45, 7) is 3.78. The lowest BCUT2D eigenvalue weighted by Crippen LogP contribution is -2.38. The molecule has 0 bridgehead atoms. The number of carboxylic acid groups (broad SMARTS) is 1. The Labute approximate surface area is 140 Å². The zero-order valence-electron chi connectivity index (χ0n) is 13.3. The third-order valence-corrected chi connectivity index (χ3v) is 4.30. The van der Waals surface area contributed by atoms with Crippen molar-refractivity contribution >= 4 is 23.5 Å². The molecule has 7 heteroatoms. The molecule has 0 aliphatic carbocycles. The standard InChI is InChI=1S/C16H21ClN2O4/c1-11(20)18-6-3-7-19(9-8-18)15(16(21)22)13-10-12(17)4-5-14(13)23-2/h4-5,10,15H,3,6-9H2,1-2H3,(H,21,22)/t15-/m0/s1. The van der Waals surface area contributed by atoms with Gasteiger partial charge in [-0.05, 0) is 24.6 Å². The first kappa shape index (κ1) is 17.6. The number of rotatable bonds is 4. The summed E-state index contributed by atoms with van der Waals surface area (Å²) in [5.41, 5.74) is 0.531. The minimum Gasteiger partial charge on any atom is -0.496 e. The molecule has 1 heterocycles. The summed E-state index contributed by atoms with van der Waals surface area (Å²) < 4.78 is 5.30. The third-order valence-electron chi connectivity index (χ3n) is 4.06. The molecule has 1 amide bonds. The number of ether oxygens (including phenoxy) is 1. The molecule has 0 spiro atoms. The number of hydrogen-bond donors (Lipinski definition) is 1. The van der Waals surface area contributed by atoms with E-state index in [-0.39, 0.29) is 5.91 Å². The molecule has 6 nitrogen and oxygen atoms in total. The second kappa shape index (κ2) is 7.66. The molecular formula is C16H21ClN2O4. The Morgan fingerprint density at radius 1 is 1.26 bits per heavy atom. The summed E-state index contributed by atoms with van der Waals surface area (Å²) in [6.07, 6.45) is 0.728. The molecule has 126 valence electrons. The number of carbonyl (C=O) groups excluding carboxylic acids is 1. The largest absolute Gasteiger partial charge is 0.496 e.